The second-order valence-electron chi connectivity index (χ2n) is 4.86. The van der Waals surface area contributed by atoms with Crippen molar-refractivity contribution in [2.45, 2.75) is 39.2 Å². The number of hydrogen-bond acceptors (Lipinski definition) is 1. The first-order valence-electron chi connectivity index (χ1n) is 5.36. The minimum atomic E-state index is -0.668. The molecule has 0 aliphatic heterocycles. The van der Waals surface area contributed by atoms with E-state index in [-0.39, 0.29) is 0 Å². The minimum Gasteiger partial charge on any atom is -0.390 e. The largest absolute Gasteiger partial charge is 0.390 e. The highest BCUT2D eigenvalue weighted by Crippen LogP contribution is 2.25. The molecule has 0 amide bonds. The molecule has 0 radical (unpaired) electrons. The monoisotopic (exact) mass is 226 g/mol. The van der Waals surface area contributed by atoms with E-state index in [0.717, 1.165) is 17.0 Å². The fraction of sp³-hybridized carbons (Fsp3) is 0.538. The number of rotatable bonds is 4. The Labute approximate surface area is 97.1 Å². The Morgan fingerprint density at radius 3 is 2.47 bits per heavy atom. The predicted octanol–water partition coefficient (Wildman–Crippen LogP) is 3.68. The van der Waals surface area contributed by atoms with Crippen LogP contribution in [-0.4, -0.2) is 10.7 Å². The molecule has 0 aliphatic rings. The van der Waals surface area contributed by atoms with Gasteiger partial charge in [0.25, 0.3) is 0 Å². The molecule has 0 aliphatic carbocycles. The molecule has 0 fully saturated rings. The molecule has 0 saturated heterocycles. The van der Waals surface area contributed by atoms with Crippen molar-refractivity contribution in [3.05, 3.63) is 34.9 Å². The third kappa shape index (κ3) is 4.23. The first kappa shape index (κ1) is 12.5. The van der Waals surface area contributed by atoms with Crippen molar-refractivity contribution in [2.75, 3.05) is 0 Å². The fourth-order valence-electron chi connectivity index (χ4n) is 2.00. The van der Waals surface area contributed by atoms with Gasteiger partial charge in [-0.1, -0.05) is 43.6 Å². The molecule has 1 rings (SSSR count). The predicted molar refractivity (Wildman–Crippen MR) is 65.2 cm³/mol. The van der Waals surface area contributed by atoms with Gasteiger partial charge in [0.15, 0.2) is 0 Å². The normalized spacial score (nSPS) is 15.3. The van der Waals surface area contributed by atoms with Gasteiger partial charge < -0.3 is 5.11 Å². The summed E-state index contributed by atoms with van der Waals surface area (Å²) >= 11 is 6.06. The molecule has 84 valence electrons. The van der Waals surface area contributed by atoms with Crippen LogP contribution >= 0.6 is 11.6 Å². The summed E-state index contributed by atoms with van der Waals surface area (Å²) in [5.74, 6) is 0.488. The quantitative estimate of drug-likeness (QED) is 0.831. The maximum atomic E-state index is 10.2. The topological polar surface area (TPSA) is 20.2 Å². The van der Waals surface area contributed by atoms with Crippen LogP contribution in [0, 0.1) is 5.92 Å². The summed E-state index contributed by atoms with van der Waals surface area (Å²) in [5.41, 5.74) is 0.351. The van der Waals surface area contributed by atoms with E-state index in [0.29, 0.717) is 12.3 Å². The van der Waals surface area contributed by atoms with E-state index in [9.17, 15) is 5.11 Å². The van der Waals surface area contributed by atoms with Crippen molar-refractivity contribution in [2.24, 2.45) is 5.92 Å². The molecule has 0 heterocycles. The van der Waals surface area contributed by atoms with Crippen molar-refractivity contribution in [3.63, 3.8) is 0 Å². The van der Waals surface area contributed by atoms with Crippen molar-refractivity contribution in [1.82, 2.24) is 0 Å². The SMILES string of the molecule is CC(C)CC(C)(O)Cc1ccccc1Cl. The van der Waals surface area contributed by atoms with Crippen molar-refractivity contribution < 1.29 is 5.11 Å². The zero-order valence-corrected chi connectivity index (χ0v) is 10.4. The molecule has 0 aromatic heterocycles. The molecule has 1 atom stereocenters. The van der Waals surface area contributed by atoms with Crippen molar-refractivity contribution in [1.29, 1.82) is 0 Å². The maximum Gasteiger partial charge on any atom is 0.0662 e. The van der Waals surface area contributed by atoms with Crippen LogP contribution in [0.15, 0.2) is 24.3 Å². The lowest BCUT2D eigenvalue weighted by molar-refractivity contribution is 0.0388. The number of halogens is 1. The molecular weight excluding hydrogens is 208 g/mol. The third-order valence-corrected chi connectivity index (χ3v) is 2.75. The van der Waals surface area contributed by atoms with Gasteiger partial charge in [-0.2, -0.15) is 0 Å². The van der Waals surface area contributed by atoms with E-state index in [4.69, 9.17) is 11.6 Å². The van der Waals surface area contributed by atoms with Crippen LogP contribution in [0.4, 0.5) is 0 Å². The van der Waals surface area contributed by atoms with E-state index >= 15 is 0 Å². The van der Waals surface area contributed by atoms with Gasteiger partial charge in [0, 0.05) is 11.4 Å². The van der Waals surface area contributed by atoms with Gasteiger partial charge in [-0.15, -0.1) is 0 Å². The Morgan fingerprint density at radius 1 is 1.33 bits per heavy atom. The van der Waals surface area contributed by atoms with Gasteiger partial charge in [-0.3, -0.25) is 0 Å². The van der Waals surface area contributed by atoms with Crippen LogP contribution in [0.3, 0.4) is 0 Å². The lowest BCUT2D eigenvalue weighted by atomic mass is 9.88. The van der Waals surface area contributed by atoms with E-state index in [1.165, 1.54) is 0 Å². The Kier molecular flexibility index (Phi) is 4.18. The van der Waals surface area contributed by atoms with E-state index in [2.05, 4.69) is 13.8 Å². The van der Waals surface area contributed by atoms with E-state index < -0.39 is 5.60 Å². The van der Waals surface area contributed by atoms with Crippen LogP contribution in [-0.2, 0) is 6.42 Å². The number of hydrogen-bond donors (Lipinski definition) is 1. The second-order valence-corrected chi connectivity index (χ2v) is 5.27. The molecule has 1 nitrogen and oxygen atoms in total. The van der Waals surface area contributed by atoms with Crippen LogP contribution in [0.25, 0.3) is 0 Å². The van der Waals surface area contributed by atoms with Crippen molar-refractivity contribution >= 4 is 11.6 Å². The van der Waals surface area contributed by atoms with Gasteiger partial charge in [-0.25, -0.2) is 0 Å². The van der Waals surface area contributed by atoms with Crippen molar-refractivity contribution in [3.8, 4) is 0 Å². The summed E-state index contributed by atoms with van der Waals surface area (Å²) in [4.78, 5) is 0. The highest BCUT2D eigenvalue weighted by Gasteiger charge is 2.23. The average molecular weight is 227 g/mol. The Bertz CT molecular complexity index is 318. The molecule has 1 aromatic carbocycles. The van der Waals surface area contributed by atoms with E-state index in [1.807, 2.05) is 31.2 Å². The lowest BCUT2D eigenvalue weighted by Gasteiger charge is -2.25. The van der Waals surface area contributed by atoms with Gasteiger partial charge in [0.05, 0.1) is 5.60 Å². The molecule has 2 heteroatoms. The average Bonchev–Trinajstić information content (AvgIpc) is 2.06. The highest BCUT2D eigenvalue weighted by atomic mass is 35.5. The molecule has 1 unspecified atom stereocenters. The number of aliphatic hydroxyl groups is 1. The molecule has 15 heavy (non-hydrogen) atoms. The summed E-state index contributed by atoms with van der Waals surface area (Å²) in [6.07, 6.45) is 1.41. The highest BCUT2D eigenvalue weighted by molar-refractivity contribution is 6.31. The summed E-state index contributed by atoms with van der Waals surface area (Å²) in [6, 6.07) is 7.69. The summed E-state index contributed by atoms with van der Waals surface area (Å²) in [6.45, 7) is 6.10. The Balaban J connectivity index is 2.73. The number of benzene rings is 1. The summed E-state index contributed by atoms with van der Waals surface area (Å²) < 4.78 is 0. The zero-order valence-electron chi connectivity index (χ0n) is 9.63. The Hall–Kier alpha value is -0.530. The molecule has 0 bridgehead atoms. The summed E-state index contributed by atoms with van der Waals surface area (Å²) in [7, 11) is 0. The molecule has 0 saturated carbocycles. The maximum absolute atomic E-state index is 10.2. The van der Waals surface area contributed by atoms with Gasteiger partial charge >= 0.3 is 0 Å². The summed E-state index contributed by atoms with van der Waals surface area (Å²) in [5, 5.41) is 10.9. The minimum absolute atomic E-state index is 0.488. The Morgan fingerprint density at radius 2 is 1.93 bits per heavy atom. The zero-order chi connectivity index (χ0) is 11.5. The molecular formula is C13H19ClO. The van der Waals surface area contributed by atoms with Gasteiger partial charge in [-0.05, 0) is 30.9 Å². The second kappa shape index (κ2) is 5.00. The third-order valence-electron chi connectivity index (χ3n) is 2.38. The van der Waals surface area contributed by atoms with Crippen LogP contribution in [0.5, 0.6) is 0 Å². The van der Waals surface area contributed by atoms with Crippen LogP contribution < -0.4 is 0 Å². The van der Waals surface area contributed by atoms with Gasteiger partial charge in [0.1, 0.15) is 0 Å². The first-order valence-corrected chi connectivity index (χ1v) is 5.74. The molecule has 1 N–H and O–H groups in total. The smallest absolute Gasteiger partial charge is 0.0662 e. The standard InChI is InChI=1S/C13H19ClO/c1-10(2)8-13(3,15)9-11-6-4-5-7-12(11)14/h4-7,10,15H,8-9H2,1-3H3. The van der Waals surface area contributed by atoms with Gasteiger partial charge in [0.2, 0.25) is 0 Å². The van der Waals surface area contributed by atoms with Crippen LogP contribution in [0.1, 0.15) is 32.8 Å². The first-order chi connectivity index (χ1) is 6.91. The molecule has 0 spiro atoms. The lowest BCUT2D eigenvalue weighted by Crippen LogP contribution is -2.29. The van der Waals surface area contributed by atoms with E-state index in [1.54, 1.807) is 0 Å². The molecule has 1 aromatic rings. The fourth-order valence-corrected chi connectivity index (χ4v) is 2.21. The van der Waals surface area contributed by atoms with Crippen LogP contribution in [0.2, 0.25) is 5.02 Å².